The third-order valence-electron chi connectivity index (χ3n) is 15.1. The minimum Gasteiger partial charge on any atom is -0.396 e. The number of imidazole rings is 1. The highest BCUT2D eigenvalue weighted by Gasteiger charge is 2.54. The van der Waals surface area contributed by atoms with Crippen LogP contribution in [0.15, 0.2) is 58.5 Å². The summed E-state index contributed by atoms with van der Waals surface area (Å²) in [6.07, 6.45) is -16.9. The maximum Gasteiger partial charge on any atom is 0.386 e. The highest BCUT2D eigenvalue weighted by Crippen LogP contribution is 2.62. The van der Waals surface area contributed by atoms with E-state index in [9.17, 15) is 61.5 Å². The number of rotatable bonds is 32. The molecule has 0 spiro atoms. The Balaban J connectivity index is 0.953. The lowest BCUT2D eigenvalue weighted by atomic mass is 10.1. The fraction of sp³-hybridized carbons (Fsp3) is 0.646. The zero-order chi connectivity index (χ0) is 71.7. The summed E-state index contributed by atoms with van der Waals surface area (Å²) in [5, 5.41) is 9.32. The first kappa shape index (κ1) is 78.5. The Bertz CT molecular complexity index is 4420. The SMILES string of the molecule is COC1C(OP(=O)(S)OC[C@H]2O[C@@H](n3cc(C)c(=O)[nH]c3=O)C(OC)C2OP(=O)(S)OCCCO)[C@@H](COP(=O)(S)OC2C[C@H](n3cc(C)c(=O)[nH]c3=O)O[C@@H]2COP(=O)(S)OC2C[C@H](n3cnc4c(=O)[nH]c(N)nc43)O[C@@H]2COP(=O)(S)OC(C)C)O[C@H]1n1cc(C)c(=O)[nH]c1=O. The normalized spacial score (nSPS) is 29.0. The van der Waals surface area contributed by atoms with Gasteiger partial charge in [-0.25, -0.2) is 42.2 Å². The van der Waals surface area contributed by atoms with Crippen LogP contribution in [0.5, 0.6) is 0 Å². The molecule has 4 fully saturated rings. The number of anilines is 1. The van der Waals surface area contributed by atoms with Crippen molar-refractivity contribution in [1.82, 2.24) is 48.2 Å². The minimum absolute atomic E-state index is 0.00916. The molecule has 11 unspecified atom stereocenters. The van der Waals surface area contributed by atoms with Crippen LogP contribution in [0.1, 0.15) is 74.7 Å². The maximum atomic E-state index is 14.7. The Morgan fingerprint density at radius 2 is 0.949 bits per heavy atom. The molecule has 4 aliphatic rings. The second-order valence-electron chi connectivity index (χ2n) is 22.5. The lowest BCUT2D eigenvalue weighted by Crippen LogP contribution is -2.40. The fourth-order valence-electron chi connectivity index (χ4n) is 10.6. The number of nitrogens with two attached hydrogens (primary N) is 1. The van der Waals surface area contributed by atoms with E-state index in [0.29, 0.717) is 0 Å². The number of H-pyrrole nitrogens is 4. The molecule has 50 heteroatoms. The third kappa shape index (κ3) is 19.2. The molecule has 0 radical (unpaired) electrons. The molecular formula is C48H70N11O29P5S5. The first-order valence-electron chi connectivity index (χ1n) is 29.2. The average Bonchev–Trinajstić information content (AvgIpc) is 1.63. The van der Waals surface area contributed by atoms with Crippen molar-refractivity contribution in [2.45, 2.75) is 146 Å². The molecule has 546 valence electrons. The first-order chi connectivity index (χ1) is 45.9. The van der Waals surface area contributed by atoms with Crippen LogP contribution in [0.3, 0.4) is 0 Å². The van der Waals surface area contributed by atoms with Crippen molar-refractivity contribution >= 4 is 112 Å². The monoisotopic (exact) mass is 1580 g/mol. The van der Waals surface area contributed by atoms with Gasteiger partial charge in [-0.3, -0.25) is 98.1 Å². The minimum atomic E-state index is -4.89. The van der Waals surface area contributed by atoms with Crippen molar-refractivity contribution in [2.24, 2.45) is 0 Å². The van der Waals surface area contributed by atoms with Crippen molar-refractivity contribution in [3.05, 3.63) is 114 Å². The lowest BCUT2D eigenvalue weighted by Gasteiger charge is -2.28. The quantitative estimate of drug-likeness (QED) is 0.0167. The summed E-state index contributed by atoms with van der Waals surface area (Å²) < 4.78 is 168. The highest BCUT2D eigenvalue weighted by atomic mass is 32.7. The Hall–Kier alpha value is -3.59. The molecule has 9 rings (SSSR count). The Labute approximate surface area is 579 Å². The van der Waals surface area contributed by atoms with Gasteiger partial charge in [0.05, 0.1) is 45.5 Å². The number of aliphatic hydroxyl groups is 1. The number of aromatic amines is 4. The van der Waals surface area contributed by atoms with Gasteiger partial charge in [0, 0.05) is 68.9 Å². The van der Waals surface area contributed by atoms with E-state index in [1.54, 1.807) is 13.8 Å². The summed E-state index contributed by atoms with van der Waals surface area (Å²) in [6, 6.07) is 0. The van der Waals surface area contributed by atoms with Crippen LogP contribution in [0, 0.1) is 20.8 Å². The van der Waals surface area contributed by atoms with E-state index in [0.717, 1.165) is 33.2 Å². The van der Waals surface area contributed by atoms with Gasteiger partial charge in [0.2, 0.25) is 5.95 Å². The Morgan fingerprint density at radius 1 is 0.551 bits per heavy atom. The van der Waals surface area contributed by atoms with E-state index in [4.69, 9.17) is 79.4 Å². The second kappa shape index (κ2) is 32.2. The van der Waals surface area contributed by atoms with Gasteiger partial charge in [-0.15, -0.1) is 0 Å². The first-order valence-corrected chi connectivity index (χ1v) is 42.6. The third-order valence-corrected chi connectivity index (χ3v) is 23.4. The van der Waals surface area contributed by atoms with Crippen LogP contribution in [0.4, 0.5) is 5.95 Å². The summed E-state index contributed by atoms with van der Waals surface area (Å²) in [7, 11) is 2.32. The van der Waals surface area contributed by atoms with E-state index < -0.39 is 198 Å². The van der Waals surface area contributed by atoms with E-state index >= 15 is 0 Å². The molecule has 40 nitrogen and oxygen atoms in total. The number of hydrogen-bond donors (Lipinski definition) is 11. The average molecular weight is 1580 g/mol. The molecule has 0 aromatic carbocycles. The van der Waals surface area contributed by atoms with Crippen LogP contribution >= 0.6 is 95.2 Å². The molecule has 7 N–H and O–H groups in total. The summed E-state index contributed by atoms with van der Waals surface area (Å²) >= 11 is 20.8. The molecule has 0 amide bonds. The van der Waals surface area contributed by atoms with E-state index in [1.165, 1.54) is 45.0 Å². The van der Waals surface area contributed by atoms with Gasteiger partial charge in [0.25, 0.3) is 22.2 Å². The predicted octanol–water partition coefficient (Wildman–Crippen LogP) is 3.30. The van der Waals surface area contributed by atoms with Gasteiger partial charge in [-0.2, -0.15) is 4.98 Å². The number of ether oxygens (including phenoxy) is 6. The molecule has 0 aliphatic carbocycles. The molecular weight excluding hydrogens is 1510 g/mol. The van der Waals surface area contributed by atoms with Crippen LogP contribution in [0.2, 0.25) is 0 Å². The molecule has 5 aromatic heterocycles. The summed E-state index contributed by atoms with van der Waals surface area (Å²) in [5.74, 6) is -0.254. The van der Waals surface area contributed by atoms with Crippen LogP contribution in [-0.2, 0) is 96.5 Å². The lowest BCUT2D eigenvalue weighted by molar-refractivity contribution is -0.0625. The Morgan fingerprint density at radius 3 is 1.39 bits per heavy atom. The zero-order valence-electron chi connectivity index (χ0n) is 52.4. The molecule has 5 aromatic rings. The number of aromatic nitrogens is 10. The van der Waals surface area contributed by atoms with Gasteiger partial charge in [-0.05, 0) is 41.0 Å². The fourth-order valence-corrected chi connectivity index (χ4v) is 18.4. The van der Waals surface area contributed by atoms with Gasteiger partial charge in [-0.1, -0.05) is 61.2 Å². The van der Waals surface area contributed by atoms with E-state index in [2.05, 4.69) is 91.1 Å². The number of methoxy groups -OCH3 is 2. The van der Waals surface area contributed by atoms with Gasteiger partial charge in [0.15, 0.2) is 23.6 Å². The molecule has 4 saturated heterocycles. The number of fused-ring (bicyclic) bond motifs is 1. The molecule has 9 heterocycles. The van der Waals surface area contributed by atoms with Gasteiger partial charge < -0.3 is 43.8 Å². The highest BCUT2D eigenvalue weighted by molar-refractivity contribution is 8.45. The smallest absolute Gasteiger partial charge is 0.386 e. The van der Waals surface area contributed by atoms with Gasteiger partial charge >= 0.3 is 51.1 Å². The topological polar surface area (TPSA) is 507 Å². The zero-order valence-corrected chi connectivity index (χ0v) is 61.4. The Kier molecular flexibility index (Phi) is 25.8. The standard InChI is InChI=1S/C48H70N11O29P5S5/c1-21(2)84-90(69,95)76-16-28-26(12-32(81-28)59-20-50-33-38(59)51-45(49)52-42(33)64)86-91(70,96)77-17-27-25(11-31(80-27)56-13-22(3)39(61)53-46(56)65)85-92(71,97)78-18-29-35(37(74-7)44(82-29)58-15-24(5)41(63)55-48(58)67)88-93(72,98)79-19-30-34(87-89(68,94)75-10-8-9-60)36(73-6)43(83-30)57-14-23(4)40(62)54-47(57)66/h13-15,20-21,25-32,34-37,43-44,60H,8-12,16-19H2,1-7H3,(H,68,94)(H,69,95)(H,70,96)(H,71,97)(H,72,98)(H,53,61,65)(H,54,62,66)(H,55,63,67)(H3,49,51,52,64)/t25?,26?,27-,28-,29-,30-,31-,32-,34?,35?,36?,37?,43-,44-,89?,90?,91?,92?,93?/m1/s1. The molecule has 98 heavy (non-hydrogen) atoms. The van der Waals surface area contributed by atoms with Crippen molar-refractivity contribution in [2.75, 3.05) is 59.6 Å². The summed E-state index contributed by atoms with van der Waals surface area (Å²) in [6.45, 7) is -19.3. The number of nitrogen functional groups attached to an aromatic ring is 1. The summed E-state index contributed by atoms with van der Waals surface area (Å²) in [4.78, 5) is 107. The molecule has 0 saturated carbocycles. The maximum absolute atomic E-state index is 14.7. The summed E-state index contributed by atoms with van der Waals surface area (Å²) in [5.41, 5.74) is 0.00413. The van der Waals surface area contributed by atoms with Crippen molar-refractivity contribution < 1.29 is 102 Å². The molecule has 19 atom stereocenters. The van der Waals surface area contributed by atoms with Crippen molar-refractivity contribution in [3.8, 4) is 0 Å². The number of nitrogens with zero attached hydrogens (tertiary/aromatic N) is 6. The number of aryl methyl sites for hydroxylation is 3. The van der Waals surface area contributed by atoms with Crippen molar-refractivity contribution in [3.63, 3.8) is 0 Å². The number of nitrogens with one attached hydrogen (secondary N) is 4. The van der Waals surface area contributed by atoms with Gasteiger partial charge in [0.1, 0.15) is 73.5 Å². The van der Waals surface area contributed by atoms with E-state index in [-0.39, 0.29) is 59.9 Å². The van der Waals surface area contributed by atoms with Crippen LogP contribution in [-0.4, -0.2) is 174 Å². The largest absolute Gasteiger partial charge is 0.396 e. The molecule has 4 aliphatic heterocycles. The van der Waals surface area contributed by atoms with Crippen LogP contribution < -0.4 is 45.0 Å². The van der Waals surface area contributed by atoms with E-state index in [1.807, 2.05) is 0 Å². The number of hydrogen-bond acceptors (Lipinski definition) is 32. The molecule has 0 bridgehead atoms. The van der Waals surface area contributed by atoms with Crippen molar-refractivity contribution in [1.29, 1.82) is 0 Å². The predicted molar refractivity (Wildman–Crippen MR) is 357 cm³/mol. The second-order valence-corrected chi connectivity index (χ2v) is 36.9. The number of thiol groups is 5. The van der Waals surface area contributed by atoms with Crippen LogP contribution in [0.25, 0.3) is 11.2 Å². The number of aliphatic hydroxyl groups excluding tert-OH is 1.